The van der Waals surface area contributed by atoms with E-state index in [4.69, 9.17) is 18.9 Å². The Morgan fingerprint density at radius 2 is 2.00 bits per heavy atom. The minimum absolute atomic E-state index is 0.103. The zero-order chi connectivity index (χ0) is 21.8. The third kappa shape index (κ3) is 7.30. The molecule has 0 bridgehead atoms. The molecule has 0 amide bonds. The van der Waals surface area contributed by atoms with Gasteiger partial charge in [0.1, 0.15) is 5.76 Å². The molecule has 7 heteroatoms. The van der Waals surface area contributed by atoms with Crippen molar-refractivity contribution >= 4 is 5.96 Å². The monoisotopic (exact) mass is 416 g/mol. The molecule has 2 aromatic rings. The summed E-state index contributed by atoms with van der Waals surface area (Å²) >= 11 is 0. The number of rotatable bonds is 12. The number of aryl methyl sites for hydroxylation is 1. The Labute approximate surface area is 180 Å². The first-order valence-corrected chi connectivity index (χ1v) is 10.6. The zero-order valence-corrected chi connectivity index (χ0v) is 18.9. The maximum atomic E-state index is 5.67. The van der Waals surface area contributed by atoms with E-state index in [1.54, 1.807) is 13.4 Å². The van der Waals surface area contributed by atoms with Crippen LogP contribution in [0.15, 0.2) is 46.0 Å². The first-order chi connectivity index (χ1) is 14.6. The highest BCUT2D eigenvalue weighted by Crippen LogP contribution is 2.28. The largest absolute Gasteiger partial charge is 0.493 e. The molecule has 7 nitrogen and oxygen atoms in total. The molecule has 1 aromatic carbocycles. The number of nitrogens with one attached hydrogen (secondary N) is 2. The lowest BCUT2D eigenvalue weighted by molar-refractivity contribution is 0.265. The van der Waals surface area contributed by atoms with Crippen LogP contribution in [0.3, 0.4) is 0 Å². The summed E-state index contributed by atoms with van der Waals surface area (Å²) in [4.78, 5) is 6.87. The molecular weight excluding hydrogens is 380 g/mol. The maximum absolute atomic E-state index is 5.67. The van der Waals surface area contributed by atoms with E-state index >= 15 is 0 Å². The summed E-state index contributed by atoms with van der Waals surface area (Å²) in [7, 11) is 5.73. The Bertz CT molecular complexity index is 760. The summed E-state index contributed by atoms with van der Waals surface area (Å²) in [5.41, 5.74) is 1.23. The molecule has 1 atom stereocenters. The normalized spacial score (nSPS) is 12.7. The molecule has 2 N–H and O–H groups in total. The van der Waals surface area contributed by atoms with Gasteiger partial charge in [-0.15, -0.1) is 0 Å². The number of hydrogen-bond acceptors (Lipinski definition) is 5. The van der Waals surface area contributed by atoms with Crippen LogP contribution in [0, 0.1) is 0 Å². The third-order valence-electron chi connectivity index (χ3n) is 4.72. The number of ether oxygens (including phenoxy) is 2. The van der Waals surface area contributed by atoms with Crippen LogP contribution >= 0.6 is 0 Å². The Balaban J connectivity index is 1.88. The van der Waals surface area contributed by atoms with Gasteiger partial charge in [0, 0.05) is 13.1 Å². The number of furan rings is 1. The molecule has 0 aliphatic rings. The van der Waals surface area contributed by atoms with Crippen molar-refractivity contribution in [2.75, 3.05) is 47.4 Å². The van der Waals surface area contributed by atoms with Gasteiger partial charge in [-0.25, -0.2) is 0 Å². The van der Waals surface area contributed by atoms with E-state index in [1.807, 2.05) is 39.2 Å². The lowest BCUT2D eigenvalue weighted by atomic mass is 10.1. The van der Waals surface area contributed by atoms with Crippen molar-refractivity contribution < 1.29 is 13.9 Å². The molecule has 0 aliphatic carbocycles. The maximum Gasteiger partial charge on any atom is 0.191 e. The minimum Gasteiger partial charge on any atom is -0.493 e. The summed E-state index contributed by atoms with van der Waals surface area (Å²) in [5, 5.41) is 6.74. The van der Waals surface area contributed by atoms with Crippen molar-refractivity contribution in [2.45, 2.75) is 32.7 Å². The Kier molecular flexibility index (Phi) is 10.1. The van der Waals surface area contributed by atoms with Crippen molar-refractivity contribution in [3.63, 3.8) is 0 Å². The van der Waals surface area contributed by atoms with E-state index in [1.165, 1.54) is 5.56 Å². The smallest absolute Gasteiger partial charge is 0.191 e. The molecule has 0 fully saturated rings. The average molecular weight is 417 g/mol. The fourth-order valence-electron chi connectivity index (χ4n) is 3.15. The highest BCUT2D eigenvalue weighted by atomic mass is 16.5. The predicted octanol–water partition coefficient (Wildman–Crippen LogP) is 3.48. The van der Waals surface area contributed by atoms with Crippen molar-refractivity contribution in [3.8, 4) is 11.5 Å². The van der Waals surface area contributed by atoms with E-state index in [-0.39, 0.29) is 6.04 Å². The predicted molar refractivity (Wildman–Crippen MR) is 122 cm³/mol. The van der Waals surface area contributed by atoms with Crippen LogP contribution in [0.5, 0.6) is 11.5 Å². The number of likely N-dealkylation sites (N-methyl/N-ethyl adjacent to an activating group) is 1. The summed E-state index contributed by atoms with van der Waals surface area (Å²) in [6.45, 7) is 6.93. The number of benzene rings is 1. The fraction of sp³-hybridized carbons (Fsp3) is 0.522. The van der Waals surface area contributed by atoms with Crippen LogP contribution in [0.1, 0.15) is 37.6 Å². The highest BCUT2D eigenvalue weighted by molar-refractivity contribution is 5.79. The Morgan fingerprint density at radius 3 is 2.63 bits per heavy atom. The second kappa shape index (κ2) is 12.8. The summed E-state index contributed by atoms with van der Waals surface area (Å²) < 4.78 is 16.6. The van der Waals surface area contributed by atoms with Crippen LogP contribution in [-0.2, 0) is 6.42 Å². The minimum atomic E-state index is 0.103. The first kappa shape index (κ1) is 23.6. The molecule has 0 radical (unpaired) electrons. The molecule has 1 unspecified atom stereocenters. The van der Waals surface area contributed by atoms with Gasteiger partial charge in [0.15, 0.2) is 17.5 Å². The fourth-order valence-corrected chi connectivity index (χ4v) is 3.15. The van der Waals surface area contributed by atoms with Gasteiger partial charge in [-0.05, 0) is 70.6 Å². The lowest BCUT2D eigenvalue weighted by Gasteiger charge is -2.21. The van der Waals surface area contributed by atoms with Crippen LogP contribution in [0.4, 0.5) is 0 Å². The van der Waals surface area contributed by atoms with Crippen molar-refractivity contribution in [2.24, 2.45) is 4.99 Å². The Hall–Kier alpha value is -2.67. The first-order valence-electron chi connectivity index (χ1n) is 10.6. The van der Waals surface area contributed by atoms with Crippen LogP contribution in [0.25, 0.3) is 0 Å². The molecule has 1 aromatic heterocycles. The topological polar surface area (TPSA) is 71.3 Å². The van der Waals surface area contributed by atoms with Gasteiger partial charge in [0.2, 0.25) is 0 Å². The van der Waals surface area contributed by atoms with E-state index in [9.17, 15) is 0 Å². The van der Waals surface area contributed by atoms with Gasteiger partial charge in [-0.2, -0.15) is 0 Å². The van der Waals surface area contributed by atoms with Gasteiger partial charge in [-0.1, -0.05) is 6.07 Å². The lowest BCUT2D eigenvalue weighted by Crippen LogP contribution is -2.38. The SMILES string of the molecule is CCNC(=NCC(c1ccco1)N(C)C)NCCCc1ccc(OC)c(OCC)c1. The van der Waals surface area contributed by atoms with Crippen LogP contribution in [-0.4, -0.2) is 58.3 Å². The molecule has 0 saturated carbocycles. The van der Waals surface area contributed by atoms with E-state index in [0.717, 1.165) is 49.1 Å². The molecule has 166 valence electrons. The van der Waals surface area contributed by atoms with E-state index < -0.39 is 0 Å². The van der Waals surface area contributed by atoms with Gasteiger partial charge >= 0.3 is 0 Å². The van der Waals surface area contributed by atoms with Gasteiger partial charge < -0.3 is 24.5 Å². The zero-order valence-electron chi connectivity index (χ0n) is 18.9. The number of nitrogens with zero attached hydrogens (tertiary/aromatic N) is 2. The standard InChI is InChI=1S/C23H36N4O3/c1-6-24-23(26-17-19(27(3)4)20-11-9-15-30-20)25-14-8-10-18-12-13-21(28-5)22(16-18)29-7-2/h9,11-13,15-16,19H,6-8,10,14,17H2,1-5H3,(H2,24,25,26). The molecular formula is C23H36N4O3. The van der Waals surface area contributed by atoms with Crippen molar-refractivity contribution in [1.29, 1.82) is 0 Å². The molecule has 1 heterocycles. The second-order valence-electron chi connectivity index (χ2n) is 7.16. The summed E-state index contributed by atoms with van der Waals surface area (Å²) in [6.07, 6.45) is 3.63. The molecule has 30 heavy (non-hydrogen) atoms. The number of guanidine groups is 1. The summed E-state index contributed by atoms with van der Waals surface area (Å²) in [5.74, 6) is 3.31. The van der Waals surface area contributed by atoms with Crippen molar-refractivity contribution in [3.05, 3.63) is 47.9 Å². The summed E-state index contributed by atoms with van der Waals surface area (Å²) in [6, 6.07) is 10.1. The van der Waals surface area contributed by atoms with E-state index in [0.29, 0.717) is 13.2 Å². The quantitative estimate of drug-likeness (QED) is 0.314. The number of aliphatic imine (C=N–C) groups is 1. The Morgan fingerprint density at radius 1 is 1.17 bits per heavy atom. The number of hydrogen-bond donors (Lipinski definition) is 2. The molecule has 0 aliphatic heterocycles. The van der Waals surface area contributed by atoms with Gasteiger partial charge in [0.25, 0.3) is 0 Å². The van der Waals surface area contributed by atoms with E-state index in [2.05, 4.69) is 34.6 Å². The van der Waals surface area contributed by atoms with Gasteiger partial charge in [-0.3, -0.25) is 9.89 Å². The van der Waals surface area contributed by atoms with Crippen LogP contribution < -0.4 is 20.1 Å². The third-order valence-corrected chi connectivity index (χ3v) is 4.72. The molecule has 0 saturated heterocycles. The number of methoxy groups -OCH3 is 1. The molecule has 0 spiro atoms. The second-order valence-corrected chi connectivity index (χ2v) is 7.16. The molecule has 2 rings (SSSR count). The highest BCUT2D eigenvalue weighted by Gasteiger charge is 2.16. The van der Waals surface area contributed by atoms with Gasteiger partial charge in [0.05, 0.1) is 32.6 Å². The van der Waals surface area contributed by atoms with Crippen molar-refractivity contribution in [1.82, 2.24) is 15.5 Å². The average Bonchev–Trinajstić information content (AvgIpc) is 3.26. The van der Waals surface area contributed by atoms with Crippen LogP contribution in [0.2, 0.25) is 0 Å².